The minimum atomic E-state index is -0.799. The summed E-state index contributed by atoms with van der Waals surface area (Å²) >= 11 is 0. The zero-order valence-electron chi connectivity index (χ0n) is 18.4. The van der Waals surface area contributed by atoms with Crippen molar-refractivity contribution in [2.24, 2.45) is 5.41 Å². The molecule has 7 nitrogen and oxygen atoms in total. The van der Waals surface area contributed by atoms with E-state index in [1.54, 1.807) is 12.0 Å². The van der Waals surface area contributed by atoms with Gasteiger partial charge in [-0.25, -0.2) is 4.79 Å². The molecule has 0 radical (unpaired) electrons. The monoisotopic (exact) mass is 404 g/mol. The summed E-state index contributed by atoms with van der Waals surface area (Å²) in [6.45, 7) is 12.7. The highest BCUT2D eigenvalue weighted by Crippen LogP contribution is 2.34. The van der Waals surface area contributed by atoms with Crippen LogP contribution in [0.3, 0.4) is 0 Å². The summed E-state index contributed by atoms with van der Waals surface area (Å²) in [6, 6.07) is 4.56. The molecule has 162 valence electrons. The number of aryl methyl sites for hydroxylation is 1. The molecule has 7 heteroatoms. The van der Waals surface area contributed by atoms with Gasteiger partial charge in [-0.05, 0) is 36.8 Å². The number of methoxy groups -OCH3 is 1. The van der Waals surface area contributed by atoms with E-state index in [1.165, 1.54) is 11.3 Å². The van der Waals surface area contributed by atoms with Crippen molar-refractivity contribution in [2.75, 3.05) is 50.5 Å². The van der Waals surface area contributed by atoms with Crippen LogP contribution in [-0.4, -0.2) is 72.9 Å². The van der Waals surface area contributed by atoms with Gasteiger partial charge in [0.15, 0.2) is 0 Å². The number of piperazine rings is 1. The number of anilines is 2. The van der Waals surface area contributed by atoms with Crippen LogP contribution in [-0.2, 0) is 0 Å². The number of nitrogen functional groups attached to an aromatic ring is 1. The minimum absolute atomic E-state index is 0.0235. The number of carbonyl (C=O) groups is 1. The zero-order valence-corrected chi connectivity index (χ0v) is 18.4. The van der Waals surface area contributed by atoms with E-state index in [9.17, 15) is 9.90 Å². The standard InChI is InChI=1S/C22H36N4O3/c1-15-12-17(23)19(29-5)13-18(15)24-8-6-16(7-9-24)25-10-11-26(21(27)28)20(14-25)22(2,3)4/h12-13,16,20H,6-11,14,23H2,1-5H3,(H,27,28). The molecule has 1 unspecified atom stereocenters. The number of rotatable bonds is 3. The first-order chi connectivity index (χ1) is 13.6. The first-order valence-corrected chi connectivity index (χ1v) is 10.5. The number of ether oxygens (including phenoxy) is 1. The Kier molecular flexibility index (Phi) is 6.17. The molecule has 1 amide bonds. The SMILES string of the molecule is COc1cc(N2CCC(N3CCN(C(=O)O)C(C(C)(C)C)C3)CC2)c(C)cc1N. The molecule has 1 aromatic carbocycles. The number of amides is 1. The van der Waals surface area contributed by atoms with E-state index in [-0.39, 0.29) is 11.5 Å². The fraction of sp³-hybridized carbons (Fsp3) is 0.682. The Balaban J connectivity index is 1.66. The van der Waals surface area contributed by atoms with Crippen molar-refractivity contribution in [2.45, 2.75) is 52.6 Å². The average Bonchev–Trinajstić information content (AvgIpc) is 2.67. The van der Waals surface area contributed by atoms with Crippen LogP contribution < -0.4 is 15.4 Å². The quantitative estimate of drug-likeness (QED) is 0.753. The van der Waals surface area contributed by atoms with Gasteiger partial charge in [0.05, 0.1) is 18.8 Å². The lowest BCUT2D eigenvalue weighted by atomic mass is 9.83. The Morgan fingerprint density at radius 1 is 1.17 bits per heavy atom. The Labute approximate surface area is 174 Å². The van der Waals surface area contributed by atoms with Crippen molar-refractivity contribution >= 4 is 17.5 Å². The maximum Gasteiger partial charge on any atom is 0.407 e. The number of hydrogen-bond acceptors (Lipinski definition) is 5. The molecule has 1 aromatic rings. The summed E-state index contributed by atoms with van der Waals surface area (Å²) in [5, 5.41) is 9.60. The highest BCUT2D eigenvalue weighted by molar-refractivity contribution is 5.67. The summed E-state index contributed by atoms with van der Waals surface area (Å²) < 4.78 is 5.41. The van der Waals surface area contributed by atoms with Gasteiger partial charge < -0.3 is 25.4 Å². The second-order valence-corrected chi connectivity index (χ2v) is 9.45. The van der Waals surface area contributed by atoms with Crippen molar-refractivity contribution in [3.63, 3.8) is 0 Å². The molecule has 0 saturated carbocycles. The molecule has 2 saturated heterocycles. The normalized spacial score (nSPS) is 22.0. The third-order valence-electron chi connectivity index (χ3n) is 6.53. The molecular weight excluding hydrogens is 368 g/mol. The molecule has 3 rings (SSSR count). The lowest BCUT2D eigenvalue weighted by Gasteiger charge is -2.49. The molecule has 3 N–H and O–H groups in total. The van der Waals surface area contributed by atoms with Gasteiger partial charge in [-0.2, -0.15) is 0 Å². The van der Waals surface area contributed by atoms with Gasteiger partial charge in [-0.3, -0.25) is 4.90 Å². The maximum absolute atomic E-state index is 11.7. The number of carboxylic acid groups (broad SMARTS) is 1. The smallest absolute Gasteiger partial charge is 0.407 e. The van der Waals surface area contributed by atoms with Crippen LogP contribution in [0.15, 0.2) is 12.1 Å². The fourth-order valence-electron chi connectivity index (χ4n) is 4.80. The number of hydrogen-bond donors (Lipinski definition) is 2. The van der Waals surface area contributed by atoms with E-state index < -0.39 is 6.09 Å². The Morgan fingerprint density at radius 2 is 1.83 bits per heavy atom. The minimum Gasteiger partial charge on any atom is -0.495 e. The predicted octanol–water partition coefficient (Wildman–Crippen LogP) is 3.26. The summed E-state index contributed by atoms with van der Waals surface area (Å²) in [7, 11) is 1.65. The summed E-state index contributed by atoms with van der Waals surface area (Å²) in [4.78, 5) is 18.3. The van der Waals surface area contributed by atoms with Gasteiger partial charge in [0.2, 0.25) is 0 Å². The molecule has 0 spiro atoms. The largest absolute Gasteiger partial charge is 0.495 e. The molecule has 0 aliphatic carbocycles. The number of benzene rings is 1. The van der Waals surface area contributed by atoms with Crippen molar-refractivity contribution in [3.05, 3.63) is 17.7 Å². The van der Waals surface area contributed by atoms with Gasteiger partial charge in [0.1, 0.15) is 5.75 Å². The van der Waals surface area contributed by atoms with Crippen molar-refractivity contribution < 1.29 is 14.6 Å². The van der Waals surface area contributed by atoms with Crippen LogP contribution in [0.4, 0.5) is 16.2 Å². The second-order valence-electron chi connectivity index (χ2n) is 9.45. The van der Waals surface area contributed by atoms with Crippen LogP contribution >= 0.6 is 0 Å². The van der Waals surface area contributed by atoms with E-state index in [2.05, 4.69) is 37.5 Å². The Hall–Kier alpha value is -2.15. The van der Waals surface area contributed by atoms with Gasteiger partial charge in [0.25, 0.3) is 0 Å². The maximum atomic E-state index is 11.7. The van der Waals surface area contributed by atoms with Crippen LogP contribution in [0.25, 0.3) is 0 Å². The Bertz CT molecular complexity index is 738. The predicted molar refractivity (Wildman–Crippen MR) is 117 cm³/mol. The molecule has 2 aliphatic heterocycles. The van der Waals surface area contributed by atoms with Crippen molar-refractivity contribution in [1.29, 1.82) is 0 Å². The summed E-state index contributed by atoms with van der Waals surface area (Å²) in [5.74, 6) is 0.727. The van der Waals surface area contributed by atoms with Crippen LogP contribution in [0.5, 0.6) is 5.75 Å². The molecule has 2 heterocycles. The second kappa shape index (κ2) is 8.30. The van der Waals surface area contributed by atoms with E-state index in [0.29, 0.717) is 18.3 Å². The molecule has 0 bridgehead atoms. The lowest BCUT2D eigenvalue weighted by Crippen LogP contribution is -2.62. The third-order valence-corrected chi connectivity index (χ3v) is 6.53. The summed E-state index contributed by atoms with van der Waals surface area (Å²) in [5.41, 5.74) is 9.00. The molecule has 29 heavy (non-hydrogen) atoms. The van der Waals surface area contributed by atoms with E-state index >= 15 is 0 Å². The summed E-state index contributed by atoms with van der Waals surface area (Å²) in [6.07, 6.45) is 1.36. The topological polar surface area (TPSA) is 82.3 Å². The van der Waals surface area contributed by atoms with E-state index in [1.807, 2.05) is 12.1 Å². The van der Waals surface area contributed by atoms with Gasteiger partial charge in [0, 0.05) is 50.5 Å². The first kappa shape index (κ1) is 21.6. The highest BCUT2D eigenvalue weighted by Gasteiger charge is 2.40. The molecular formula is C22H36N4O3. The van der Waals surface area contributed by atoms with Crippen molar-refractivity contribution in [3.8, 4) is 5.75 Å². The van der Waals surface area contributed by atoms with Crippen LogP contribution in [0, 0.1) is 12.3 Å². The van der Waals surface area contributed by atoms with Gasteiger partial charge in [-0.1, -0.05) is 20.8 Å². The number of nitrogens with zero attached hydrogens (tertiary/aromatic N) is 3. The number of nitrogens with two attached hydrogens (primary N) is 1. The van der Waals surface area contributed by atoms with Crippen LogP contribution in [0.1, 0.15) is 39.2 Å². The van der Waals surface area contributed by atoms with Gasteiger partial charge in [-0.15, -0.1) is 0 Å². The van der Waals surface area contributed by atoms with E-state index in [4.69, 9.17) is 10.5 Å². The molecule has 2 aliphatic rings. The zero-order chi connectivity index (χ0) is 21.3. The average molecular weight is 405 g/mol. The Morgan fingerprint density at radius 3 is 2.38 bits per heavy atom. The molecule has 2 fully saturated rings. The molecule has 0 aromatic heterocycles. The molecule has 1 atom stereocenters. The highest BCUT2D eigenvalue weighted by atomic mass is 16.5. The fourth-order valence-corrected chi connectivity index (χ4v) is 4.80. The third kappa shape index (κ3) is 4.55. The van der Waals surface area contributed by atoms with Crippen LogP contribution in [0.2, 0.25) is 0 Å². The van der Waals surface area contributed by atoms with Gasteiger partial charge >= 0.3 is 6.09 Å². The van der Waals surface area contributed by atoms with Crippen molar-refractivity contribution in [1.82, 2.24) is 9.80 Å². The number of piperidine rings is 1. The van der Waals surface area contributed by atoms with E-state index in [0.717, 1.165) is 44.8 Å². The first-order valence-electron chi connectivity index (χ1n) is 10.5. The lowest BCUT2D eigenvalue weighted by molar-refractivity contribution is 0.00182.